The van der Waals surface area contributed by atoms with Crippen molar-refractivity contribution in [2.24, 2.45) is 0 Å². The molecule has 0 aromatic rings. The third-order valence-corrected chi connectivity index (χ3v) is 3.09. The molecule has 0 atom stereocenters. The van der Waals surface area contributed by atoms with Crippen molar-refractivity contribution < 1.29 is 5.11 Å². The molecule has 1 fully saturated rings. The molecule has 0 saturated carbocycles. The first-order valence-corrected chi connectivity index (χ1v) is 5.92. The van der Waals surface area contributed by atoms with Crippen LogP contribution in [-0.2, 0) is 0 Å². The highest BCUT2D eigenvalue weighted by molar-refractivity contribution is 4.69. The molecule has 1 aliphatic heterocycles. The number of hydrogen-bond acceptors (Lipinski definition) is 4. The molecule has 1 N–H and O–H groups in total. The molecule has 0 spiro atoms. The Morgan fingerprint density at radius 2 is 1.80 bits per heavy atom. The number of aliphatic hydroxyl groups is 1. The lowest BCUT2D eigenvalue weighted by molar-refractivity contribution is 0.145. The second-order valence-corrected chi connectivity index (χ2v) is 4.53. The Kier molecular flexibility index (Phi) is 6.17. The standard InChI is InChI=1S/C11H25N3O/c1-12(10-11-15)4-3-5-14-8-6-13(2)7-9-14/h15H,3-11H2,1-2H3. The van der Waals surface area contributed by atoms with Crippen molar-refractivity contribution in [1.82, 2.24) is 14.7 Å². The Morgan fingerprint density at radius 3 is 2.40 bits per heavy atom. The Labute approximate surface area is 93.5 Å². The molecule has 90 valence electrons. The normalized spacial score (nSPS) is 20.0. The summed E-state index contributed by atoms with van der Waals surface area (Å²) >= 11 is 0. The topological polar surface area (TPSA) is 30.0 Å². The third-order valence-electron chi connectivity index (χ3n) is 3.09. The molecule has 0 amide bonds. The molecule has 0 unspecified atom stereocenters. The number of nitrogens with zero attached hydrogens (tertiary/aromatic N) is 3. The SMILES string of the molecule is CN(CCO)CCCN1CCN(C)CC1. The van der Waals surface area contributed by atoms with Crippen LogP contribution in [0.1, 0.15) is 6.42 Å². The van der Waals surface area contributed by atoms with Crippen LogP contribution in [0.5, 0.6) is 0 Å². The minimum Gasteiger partial charge on any atom is -0.395 e. The van der Waals surface area contributed by atoms with Gasteiger partial charge in [-0.3, -0.25) is 0 Å². The van der Waals surface area contributed by atoms with Crippen molar-refractivity contribution in [3.05, 3.63) is 0 Å². The van der Waals surface area contributed by atoms with Gasteiger partial charge in [0.1, 0.15) is 0 Å². The molecule has 1 heterocycles. The maximum atomic E-state index is 8.76. The monoisotopic (exact) mass is 215 g/mol. The lowest BCUT2D eigenvalue weighted by Gasteiger charge is -2.32. The van der Waals surface area contributed by atoms with E-state index in [9.17, 15) is 0 Å². The van der Waals surface area contributed by atoms with Crippen molar-refractivity contribution in [2.75, 3.05) is 66.5 Å². The molecule has 4 nitrogen and oxygen atoms in total. The second-order valence-electron chi connectivity index (χ2n) is 4.53. The first-order valence-electron chi connectivity index (χ1n) is 5.92. The van der Waals surface area contributed by atoms with E-state index in [4.69, 9.17) is 5.11 Å². The Bertz CT molecular complexity index is 158. The second kappa shape index (κ2) is 7.17. The molecular weight excluding hydrogens is 190 g/mol. The molecule has 1 rings (SSSR count). The number of likely N-dealkylation sites (N-methyl/N-ethyl adjacent to an activating group) is 2. The van der Waals surface area contributed by atoms with E-state index >= 15 is 0 Å². The minimum atomic E-state index is 0.269. The van der Waals surface area contributed by atoms with Crippen molar-refractivity contribution in [2.45, 2.75) is 6.42 Å². The van der Waals surface area contributed by atoms with E-state index in [0.717, 1.165) is 13.1 Å². The van der Waals surface area contributed by atoms with Crippen LogP contribution < -0.4 is 0 Å². The number of piperazine rings is 1. The van der Waals surface area contributed by atoms with Crippen molar-refractivity contribution >= 4 is 0 Å². The van der Waals surface area contributed by atoms with Gasteiger partial charge in [0, 0.05) is 32.7 Å². The highest BCUT2D eigenvalue weighted by atomic mass is 16.3. The maximum absolute atomic E-state index is 8.76. The lowest BCUT2D eigenvalue weighted by Crippen LogP contribution is -2.45. The molecule has 1 aliphatic rings. The van der Waals surface area contributed by atoms with E-state index in [1.807, 2.05) is 0 Å². The lowest BCUT2D eigenvalue weighted by atomic mass is 10.3. The van der Waals surface area contributed by atoms with Gasteiger partial charge in [0.2, 0.25) is 0 Å². The molecule has 4 heteroatoms. The van der Waals surface area contributed by atoms with E-state index < -0.39 is 0 Å². The summed E-state index contributed by atoms with van der Waals surface area (Å²) in [4.78, 5) is 7.11. The zero-order chi connectivity index (χ0) is 11.1. The van der Waals surface area contributed by atoms with Gasteiger partial charge in [-0.2, -0.15) is 0 Å². The molecule has 0 aliphatic carbocycles. The summed E-state index contributed by atoms with van der Waals surface area (Å²) in [7, 11) is 4.26. The van der Waals surface area contributed by atoms with E-state index in [1.165, 1.54) is 39.1 Å². The van der Waals surface area contributed by atoms with E-state index in [2.05, 4.69) is 28.8 Å². The average molecular weight is 215 g/mol. The quantitative estimate of drug-likeness (QED) is 0.650. The van der Waals surface area contributed by atoms with Crippen LogP contribution in [0.4, 0.5) is 0 Å². The van der Waals surface area contributed by atoms with Gasteiger partial charge in [0.15, 0.2) is 0 Å². The summed E-state index contributed by atoms with van der Waals surface area (Å²) in [6.07, 6.45) is 1.21. The summed E-state index contributed by atoms with van der Waals surface area (Å²) in [5.41, 5.74) is 0. The molecule has 0 aromatic heterocycles. The van der Waals surface area contributed by atoms with Crippen LogP contribution in [0.3, 0.4) is 0 Å². The molecule has 15 heavy (non-hydrogen) atoms. The molecular formula is C11H25N3O. The Morgan fingerprint density at radius 1 is 1.13 bits per heavy atom. The van der Waals surface area contributed by atoms with E-state index in [0.29, 0.717) is 0 Å². The van der Waals surface area contributed by atoms with Gasteiger partial charge >= 0.3 is 0 Å². The fourth-order valence-corrected chi connectivity index (χ4v) is 1.92. The van der Waals surface area contributed by atoms with Crippen LogP contribution in [0.25, 0.3) is 0 Å². The van der Waals surface area contributed by atoms with Gasteiger partial charge < -0.3 is 19.8 Å². The smallest absolute Gasteiger partial charge is 0.0558 e. The average Bonchev–Trinajstić information content (AvgIpc) is 2.21. The first-order chi connectivity index (χ1) is 7.22. The zero-order valence-electron chi connectivity index (χ0n) is 10.2. The molecule has 0 radical (unpaired) electrons. The summed E-state index contributed by atoms with van der Waals surface area (Å²) in [5.74, 6) is 0. The van der Waals surface area contributed by atoms with Gasteiger partial charge in [-0.25, -0.2) is 0 Å². The predicted molar refractivity (Wildman–Crippen MR) is 63.1 cm³/mol. The first kappa shape index (κ1) is 12.9. The highest BCUT2D eigenvalue weighted by Crippen LogP contribution is 2.00. The molecule has 1 saturated heterocycles. The largest absolute Gasteiger partial charge is 0.395 e. The van der Waals surface area contributed by atoms with E-state index in [1.54, 1.807) is 0 Å². The minimum absolute atomic E-state index is 0.269. The van der Waals surface area contributed by atoms with Crippen LogP contribution in [-0.4, -0.2) is 86.3 Å². The Hall–Kier alpha value is -0.160. The van der Waals surface area contributed by atoms with Gasteiger partial charge in [0.05, 0.1) is 6.61 Å². The van der Waals surface area contributed by atoms with Crippen molar-refractivity contribution in [3.8, 4) is 0 Å². The van der Waals surface area contributed by atoms with Gasteiger partial charge in [-0.05, 0) is 33.6 Å². The summed E-state index contributed by atoms with van der Waals surface area (Å²) in [5, 5.41) is 8.76. The van der Waals surface area contributed by atoms with E-state index in [-0.39, 0.29) is 6.61 Å². The van der Waals surface area contributed by atoms with Crippen molar-refractivity contribution in [1.29, 1.82) is 0 Å². The Balaban J connectivity index is 2.00. The number of rotatable bonds is 6. The fourth-order valence-electron chi connectivity index (χ4n) is 1.92. The number of aliphatic hydroxyl groups excluding tert-OH is 1. The molecule has 0 bridgehead atoms. The highest BCUT2D eigenvalue weighted by Gasteiger charge is 2.12. The van der Waals surface area contributed by atoms with Gasteiger partial charge in [-0.1, -0.05) is 0 Å². The van der Waals surface area contributed by atoms with Crippen LogP contribution >= 0.6 is 0 Å². The molecule has 0 aromatic carbocycles. The predicted octanol–water partition coefficient (Wildman–Crippen LogP) is -0.452. The zero-order valence-corrected chi connectivity index (χ0v) is 10.2. The van der Waals surface area contributed by atoms with Crippen LogP contribution in [0.15, 0.2) is 0 Å². The van der Waals surface area contributed by atoms with Gasteiger partial charge in [-0.15, -0.1) is 0 Å². The van der Waals surface area contributed by atoms with Crippen LogP contribution in [0, 0.1) is 0 Å². The summed E-state index contributed by atoms with van der Waals surface area (Å²) in [6, 6.07) is 0. The summed E-state index contributed by atoms with van der Waals surface area (Å²) in [6.45, 7) is 8.17. The van der Waals surface area contributed by atoms with Crippen molar-refractivity contribution in [3.63, 3.8) is 0 Å². The van der Waals surface area contributed by atoms with Gasteiger partial charge in [0.25, 0.3) is 0 Å². The van der Waals surface area contributed by atoms with Crippen LogP contribution in [0.2, 0.25) is 0 Å². The third kappa shape index (κ3) is 5.47. The number of hydrogen-bond donors (Lipinski definition) is 1. The summed E-state index contributed by atoms with van der Waals surface area (Å²) < 4.78 is 0. The maximum Gasteiger partial charge on any atom is 0.0558 e. The fraction of sp³-hybridized carbons (Fsp3) is 1.00.